The molecule has 27 heavy (non-hydrogen) atoms. The van der Waals surface area contributed by atoms with Crippen LogP contribution in [0.3, 0.4) is 0 Å². The fourth-order valence-electron chi connectivity index (χ4n) is 2.47. The van der Waals surface area contributed by atoms with E-state index < -0.39 is 5.97 Å². The molecular formula is C20H16ClNO4S. The minimum absolute atomic E-state index is 0.00391. The van der Waals surface area contributed by atoms with Crippen molar-refractivity contribution in [1.82, 2.24) is 0 Å². The van der Waals surface area contributed by atoms with Crippen molar-refractivity contribution < 1.29 is 19.7 Å². The van der Waals surface area contributed by atoms with Crippen LogP contribution in [-0.2, 0) is 9.53 Å². The van der Waals surface area contributed by atoms with E-state index in [0.717, 1.165) is 17.3 Å². The fraction of sp³-hybridized carbons (Fsp3) is 0.100. The van der Waals surface area contributed by atoms with Crippen molar-refractivity contribution >= 4 is 46.1 Å². The number of halogens is 1. The highest BCUT2D eigenvalue weighted by Gasteiger charge is 2.33. The van der Waals surface area contributed by atoms with Gasteiger partial charge in [0.1, 0.15) is 22.1 Å². The number of carbonyl (C=O) groups is 1. The number of methoxy groups -OCH3 is 1. The van der Waals surface area contributed by atoms with Crippen LogP contribution in [0.25, 0.3) is 6.08 Å². The van der Waals surface area contributed by atoms with Crippen LogP contribution in [0.5, 0.6) is 5.75 Å². The lowest BCUT2D eigenvalue weighted by atomic mass is 10.1. The molecule has 3 rings (SSSR count). The first-order valence-electron chi connectivity index (χ1n) is 7.94. The van der Waals surface area contributed by atoms with Crippen LogP contribution in [0.4, 0.5) is 5.69 Å². The van der Waals surface area contributed by atoms with Gasteiger partial charge < -0.3 is 14.9 Å². The van der Waals surface area contributed by atoms with E-state index in [0.29, 0.717) is 26.2 Å². The molecule has 2 N–H and O–H groups in total. The number of aryl methyl sites for hydroxylation is 1. The van der Waals surface area contributed by atoms with Gasteiger partial charge in [-0.05, 0) is 54.5 Å². The van der Waals surface area contributed by atoms with Crippen molar-refractivity contribution in [1.29, 1.82) is 0 Å². The quantitative estimate of drug-likeness (QED) is 0.694. The van der Waals surface area contributed by atoms with Gasteiger partial charge in [-0.25, -0.2) is 9.79 Å². The van der Waals surface area contributed by atoms with Crippen LogP contribution in [0.2, 0.25) is 5.02 Å². The lowest BCUT2D eigenvalue weighted by Crippen LogP contribution is -2.10. The van der Waals surface area contributed by atoms with Gasteiger partial charge in [0.05, 0.1) is 17.7 Å². The number of esters is 1. The zero-order valence-corrected chi connectivity index (χ0v) is 16.1. The SMILES string of the molecule is COC(=O)C1=C(O)/C(=C\c2ccc(O)c(C)c2)SC1=Nc1cccc(Cl)c1. The Bertz CT molecular complexity index is 1010. The van der Waals surface area contributed by atoms with Gasteiger partial charge in [0.25, 0.3) is 0 Å². The molecule has 0 atom stereocenters. The van der Waals surface area contributed by atoms with Crippen molar-refractivity contribution in [3.05, 3.63) is 74.9 Å². The molecule has 2 aromatic carbocycles. The summed E-state index contributed by atoms with van der Waals surface area (Å²) >= 11 is 7.14. The van der Waals surface area contributed by atoms with Crippen molar-refractivity contribution in [3.63, 3.8) is 0 Å². The monoisotopic (exact) mass is 401 g/mol. The lowest BCUT2D eigenvalue weighted by molar-refractivity contribution is -0.135. The van der Waals surface area contributed by atoms with E-state index in [1.165, 1.54) is 7.11 Å². The normalized spacial score (nSPS) is 17.0. The van der Waals surface area contributed by atoms with Crippen LogP contribution in [0.15, 0.2) is 63.7 Å². The molecule has 0 spiro atoms. The van der Waals surface area contributed by atoms with Gasteiger partial charge in [-0.1, -0.05) is 35.5 Å². The minimum Gasteiger partial charge on any atom is -0.508 e. The third-order valence-electron chi connectivity index (χ3n) is 3.84. The molecule has 2 aromatic rings. The fourth-order valence-corrected chi connectivity index (χ4v) is 3.69. The Morgan fingerprint density at radius 3 is 2.67 bits per heavy atom. The molecule has 7 heteroatoms. The van der Waals surface area contributed by atoms with Crippen LogP contribution in [0.1, 0.15) is 11.1 Å². The first kappa shape index (κ1) is 19.1. The number of aliphatic hydroxyl groups is 1. The van der Waals surface area contributed by atoms with Gasteiger partial charge in [-0.2, -0.15) is 0 Å². The van der Waals surface area contributed by atoms with E-state index in [2.05, 4.69) is 4.99 Å². The second-order valence-electron chi connectivity index (χ2n) is 5.77. The third kappa shape index (κ3) is 4.18. The molecule has 1 aliphatic rings. The Kier molecular flexibility index (Phi) is 5.58. The predicted octanol–water partition coefficient (Wildman–Crippen LogP) is 5.16. The Morgan fingerprint density at radius 2 is 2.00 bits per heavy atom. The van der Waals surface area contributed by atoms with Gasteiger partial charge in [0.15, 0.2) is 0 Å². The molecule has 0 saturated heterocycles. The zero-order chi connectivity index (χ0) is 19.6. The summed E-state index contributed by atoms with van der Waals surface area (Å²) in [7, 11) is 1.25. The summed E-state index contributed by atoms with van der Waals surface area (Å²) in [6.07, 6.45) is 1.72. The van der Waals surface area contributed by atoms with Gasteiger partial charge in [0, 0.05) is 5.02 Å². The molecule has 0 fully saturated rings. The number of hydrogen-bond acceptors (Lipinski definition) is 6. The van der Waals surface area contributed by atoms with E-state index in [-0.39, 0.29) is 17.1 Å². The molecule has 1 aliphatic heterocycles. The van der Waals surface area contributed by atoms with Crippen LogP contribution in [0, 0.1) is 6.92 Å². The van der Waals surface area contributed by atoms with E-state index in [1.54, 1.807) is 55.5 Å². The maximum Gasteiger partial charge on any atom is 0.344 e. The second kappa shape index (κ2) is 7.90. The number of aromatic hydroxyl groups is 1. The van der Waals surface area contributed by atoms with E-state index in [1.807, 2.05) is 0 Å². The topological polar surface area (TPSA) is 79.1 Å². The van der Waals surface area contributed by atoms with Gasteiger partial charge in [-0.3, -0.25) is 0 Å². The van der Waals surface area contributed by atoms with Crippen LogP contribution >= 0.6 is 23.4 Å². The highest BCUT2D eigenvalue weighted by atomic mass is 35.5. The van der Waals surface area contributed by atoms with Gasteiger partial charge in [0.2, 0.25) is 0 Å². The number of ether oxygens (including phenoxy) is 1. The number of carbonyl (C=O) groups excluding carboxylic acids is 1. The summed E-state index contributed by atoms with van der Waals surface area (Å²) in [5.41, 5.74) is 2.04. The highest BCUT2D eigenvalue weighted by molar-refractivity contribution is 8.18. The first-order chi connectivity index (χ1) is 12.9. The molecule has 1 heterocycles. The smallest absolute Gasteiger partial charge is 0.344 e. The Hall–Kier alpha value is -2.70. The maximum absolute atomic E-state index is 12.2. The highest BCUT2D eigenvalue weighted by Crippen LogP contribution is 2.40. The first-order valence-corrected chi connectivity index (χ1v) is 9.14. The lowest BCUT2D eigenvalue weighted by Gasteiger charge is -2.02. The Labute approximate surface area is 165 Å². The summed E-state index contributed by atoms with van der Waals surface area (Å²) in [6.45, 7) is 1.78. The number of hydrogen-bond donors (Lipinski definition) is 2. The largest absolute Gasteiger partial charge is 0.508 e. The summed E-state index contributed by atoms with van der Waals surface area (Å²) in [6, 6.07) is 11.9. The zero-order valence-electron chi connectivity index (χ0n) is 14.6. The average Bonchev–Trinajstić information content (AvgIpc) is 2.93. The molecule has 138 valence electrons. The van der Waals surface area contributed by atoms with Gasteiger partial charge in [-0.15, -0.1) is 0 Å². The molecule has 0 aromatic heterocycles. The summed E-state index contributed by atoms with van der Waals surface area (Å²) in [5, 5.41) is 21.1. The molecule has 0 unspecified atom stereocenters. The summed E-state index contributed by atoms with van der Waals surface area (Å²) in [5.74, 6) is -0.682. The van der Waals surface area contributed by atoms with E-state index in [9.17, 15) is 15.0 Å². The van der Waals surface area contributed by atoms with Crippen LogP contribution < -0.4 is 0 Å². The number of aliphatic hydroxyl groups excluding tert-OH is 1. The standard InChI is InChI=1S/C20H16ClNO4S/c1-11-8-12(6-7-15(11)23)9-16-18(24)17(20(25)26-2)19(27-16)22-14-5-3-4-13(21)10-14/h3-10,23-24H,1-2H3/b16-9+,22-19?. The predicted molar refractivity (Wildman–Crippen MR) is 109 cm³/mol. The molecule has 0 bridgehead atoms. The van der Waals surface area contributed by atoms with Crippen molar-refractivity contribution in [3.8, 4) is 5.75 Å². The number of nitrogens with zero attached hydrogens (tertiary/aromatic N) is 1. The number of phenolic OH excluding ortho intramolecular Hbond substituents is 1. The number of rotatable bonds is 3. The molecule has 0 radical (unpaired) electrons. The van der Waals surface area contributed by atoms with E-state index >= 15 is 0 Å². The summed E-state index contributed by atoms with van der Waals surface area (Å²) in [4.78, 5) is 17.1. The van der Waals surface area contributed by atoms with Crippen molar-refractivity contribution in [2.45, 2.75) is 6.92 Å². The molecular weight excluding hydrogens is 386 g/mol. The second-order valence-corrected chi connectivity index (χ2v) is 7.24. The van der Waals surface area contributed by atoms with Crippen molar-refractivity contribution in [2.24, 2.45) is 4.99 Å². The molecule has 0 aliphatic carbocycles. The molecule has 0 amide bonds. The van der Waals surface area contributed by atoms with Crippen LogP contribution in [-0.4, -0.2) is 28.3 Å². The van der Waals surface area contributed by atoms with E-state index in [4.69, 9.17) is 16.3 Å². The molecule has 5 nitrogen and oxygen atoms in total. The Balaban J connectivity index is 2.05. The number of phenols is 1. The number of thioether (sulfide) groups is 1. The summed E-state index contributed by atoms with van der Waals surface area (Å²) < 4.78 is 4.79. The minimum atomic E-state index is -0.675. The maximum atomic E-state index is 12.2. The number of benzene rings is 2. The van der Waals surface area contributed by atoms with Gasteiger partial charge >= 0.3 is 5.97 Å². The molecule has 0 saturated carbocycles. The average molecular weight is 402 g/mol. The number of aliphatic imine (C=N–C) groups is 1. The third-order valence-corrected chi connectivity index (χ3v) is 5.09. The van der Waals surface area contributed by atoms with Crippen molar-refractivity contribution in [2.75, 3.05) is 7.11 Å². The Morgan fingerprint density at radius 1 is 1.22 bits per heavy atom.